The van der Waals surface area contributed by atoms with E-state index in [2.05, 4.69) is 4.98 Å². The number of para-hydroxylation sites is 1. The number of aromatic nitrogens is 1. The van der Waals surface area contributed by atoms with Gasteiger partial charge in [0.05, 0.1) is 12.6 Å². The van der Waals surface area contributed by atoms with Gasteiger partial charge >= 0.3 is 5.90 Å². The summed E-state index contributed by atoms with van der Waals surface area (Å²) in [5.41, 5.74) is 1.77. The number of ether oxygens (including phenoxy) is 1. The minimum absolute atomic E-state index is 0. The second kappa shape index (κ2) is 4.75. The maximum atomic E-state index is 5.64. The quantitative estimate of drug-likeness (QED) is 0.425. The van der Waals surface area contributed by atoms with Crippen molar-refractivity contribution in [1.82, 2.24) is 4.98 Å². The molecule has 0 fully saturated rings. The zero-order valence-corrected chi connectivity index (χ0v) is 9.03. The van der Waals surface area contributed by atoms with E-state index in [0.717, 1.165) is 16.5 Å². The van der Waals surface area contributed by atoms with Gasteiger partial charge in [-0.25, -0.2) is 5.41 Å². The summed E-state index contributed by atoms with van der Waals surface area (Å²) in [4.78, 5) is 4.27. The standard InChI is InChI=1S/C11H10N2O.ClH/c1-14-11(12)9-6-8-4-2-3-5-10(8)13-7-9;/h2-7,12H,1H3;1H. The third-order valence-electron chi connectivity index (χ3n) is 2.09. The molecule has 2 aromatic rings. The summed E-state index contributed by atoms with van der Waals surface area (Å²) in [5.74, 6) is 0.392. The highest BCUT2D eigenvalue weighted by Gasteiger charge is 2.07. The van der Waals surface area contributed by atoms with E-state index in [0.29, 0.717) is 5.90 Å². The third kappa shape index (κ3) is 2.25. The fourth-order valence-corrected chi connectivity index (χ4v) is 1.32. The molecule has 1 heterocycles. The Morgan fingerprint density at radius 2 is 2.07 bits per heavy atom. The van der Waals surface area contributed by atoms with Gasteiger partial charge < -0.3 is 17.1 Å². The molecule has 1 aromatic heterocycles. The molecule has 78 valence electrons. The molecule has 1 aromatic carbocycles. The molecule has 0 bridgehead atoms. The Bertz CT molecular complexity index is 485. The van der Waals surface area contributed by atoms with Crippen LogP contribution >= 0.6 is 0 Å². The van der Waals surface area contributed by atoms with Crippen LogP contribution in [0.5, 0.6) is 0 Å². The molecule has 0 spiro atoms. The van der Waals surface area contributed by atoms with E-state index in [-0.39, 0.29) is 12.4 Å². The lowest BCUT2D eigenvalue weighted by molar-refractivity contribution is -0.135. The number of nitrogens with two attached hydrogens (primary N) is 1. The summed E-state index contributed by atoms with van der Waals surface area (Å²) in [6.45, 7) is 0. The Morgan fingerprint density at radius 3 is 2.80 bits per heavy atom. The van der Waals surface area contributed by atoms with Gasteiger partial charge in [-0.15, -0.1) is 0 Å². The number of hydrogen-bond donors (Lipinski definition) is 1. The predicted octanol–water partition coefficient (Wildman–Crippen LogP) is -2.61. The highest BCUT2D eigenvalue weighted by molar-refractivity contribution is 5.93. The van der Waals surface area contributed by atoms with Crippen LogP contribution in [-0.4, -0.2) is 18.0 Å². The SMILES string of the molecule is COC(=[NH2+])c1cnc2ccccc2c1.[Cl-]. The van der Waals surface area contributed by atoms with Gasteiger partial charge in [0.25, 0.3) is 0 Å². The number of rotatable bonds is 1. The monoisotopic (exact) mass is 222 g/mol. The molecule has 0 aliphatic rings. The van der Waals surface area contributed by atoms with Gasteiger partial charge in [0.1, 0.15) is 5.56 Å². The van der Waals surface area contributed by atoms with E-state index in [4.69, 9.17) is 10.1 Å². The minimum Gasteiger partial charge on any atom is -1.00 e. The van der Waals surface area contributed by atoms with Gasteiger partial charge in [-0.1, -0.05) is 18.2 Å². The number of halogens is 1. The van der Waals surface area contributed by atoms with E-state index in [1.165, 1.54) is 0 Å². The highest BCUT2D eigenvalue weighted by atomic mass is 35.5. The molecule has 0 saturated heterocycles. The normalized spacial score (nSPS) is 9.40. The van der Waals surface area contributed by atoms with Crippen molar-refractivity contribution in [2.75, 3.05) is 7.11 Å². The first-order chi connectivity index (χ1) is 6.81. The second-order valence-corrected chi connectivity index (χ2v) is 2.99. The topological polar surface area (TPSA) is 47.7 Å². The molecule has 4 heteroatoms. The zero-order valence-electron chi connectivity index (χ0n) is 8.27. The van der Waals surface area contributed by atoms with Crippen LogP contribution in [-0.2, 0) is 4.74 Å². The molecule has 0 saturated carbocycles. The smallest absolute Gasteiger partial charge is 0.367 e. The van der Waals surface area contributed by atoms with Gasteiger partial charge in [0.2, 0.25) is 0 Å². The highest BCUT2D eigenvalue weighted by Crippen LogP contribution is 2.12. The lowest BCUT2D eigenvalue weighted by Crippen LogP contribution is -3.00. The number of benzene rings is 1. The van der Waals surface area contributed by atoms with Gasteiger partial charge in [-0.3, -0.25) is 4.98 Å². The molecule has 0 atom stereocenters. The molecule has 15 heavy (non-hydrogen) atoms. The van der Waals surface area contributed by atoms with Crippen LogP contribution in [0.25, 0.3) is 10.9 Å². The summed E-state index contributed by atoms with van der Waals surface area (Å²) in [7, 11) is 1.55. The molecular weight excluding hydrogens is 212 g/mol. The zero-order chi connectivity index (χ0) is 9.97. The Hall–Kier alpha value is -1.61. The Kier molecular flexibility index (Phi) is 3.63. The number of methoxy groups -OCH3 is 1. The largest absolute Gasteiger partial charge is 1.00 e. The van der Waals surface area contributed by atoms with Crippen molar-refractivity contribution in [2.45, 2.75) is 0 Å². The molecule has 0 aliphatic heterocycles. The molecule has 0 radical (unpaired) electrons. The summed E-state index contributed by atoms with van der Waals surface area (Å²) < 4.78 is 4.94. The van der Waals surface area contributed by atoms with Crippen molar-refractivity contribution >= 4 is 16.8 Å². The third-order valence-corrected chi connectivity index (χ3v) is 2.09. The minimum atomic E-state index is 0. The van der Waals surface area contributed by atoms with E-state index >= 15 is 0 Å². The number of nitrogens with zero attached hydrogens (tertiary/aromatic N) is 1. The summed E-state index contributed by atoms with van der Waals surface area (Å²) >= 11 is 0. The van der Waals surface area contributed by atoms with Crippen LogP contribution in [0.3, 0.4) is 0 Å². The van der Waals surface area contributed by atoms with E-state index in [9.17, 15) is 0 Å². The van der Waals surface area contributed by atoms with Crippen molar-refractivity contribution in [3.8, 4) is 0 Å². The fourth-order valence-electron chi connectivity index (χ4n) is 1.32. The molecule has 3 nitrogen and oxygen atoms in total. The first-order valence-corrected chi connectivity index (χ1v) is 4.33. The molecule has 2 rings (SSSR count). The van der Waals surface area contributed by atoms with Gasteiger partial charge in [-0.2, -0.15) is 0 Å². The first kappa shape index (κ1) is 11.5. The second-order valence-electron chi connectivity index (χ2n) is 2.99. The lowest BCUT2D eigenvalue weighted by Gasteiger charge is -1.99. The van der Waals surface area contributed by atoms with Gasteiger partial charge in [0, 0.05) is 11.6 Å². The van der Waals surface area contributed by atoms with Crippen molar-refractivity contribution in [3.63, 3.8) is 0 Å². The van der Waals surface area contributed by atoms with Crippen LogP contribution in [0.15, 0.2) is 36.5 Å². The number of hydrogen-bond acceptors (Lipinski definition) is 2. The van der Waals surface area contributed by atoms with Crippen LogP contribution in [0, 0.1) is 0 Å². The fraction of sp³-hybridized carbons (Fsp3) is 0.0909. The van der Waals surface area contributed by atoms with Gasteiger partial charge in [0.15, 0.2) is 0 Å². The van der Waals surface area contributed by atoms with Crippen molar-refractivity contribution in [3.05, 3.63) is 42.1 Å². The predicted molar refractivity (Wildman–Crippen MR) is 54.8 cm³/mol. The summed E-state index contributed by atoms with van der Waals surface area (Å²) in [5, 5.41) is 6.70. The van der Waals surface area contributed by atoms with E-state index in [1.54, 1.807) is 13.3 Å². The number of fused-ring (bicyclic) bond motifs is 1. The Labute approximate surface area is 94.0 Å². The maximum Gasteiger partial charge on any atom is 0.367 e. The number of pyridine rings is 1. The summed E-state index contributed by atoms with van der Waals surface area (Å²) in [6.07, 6.45) is 1.71. The first-order valence-electron chi connectivity index (χ1n) is 4.33. The average Bonchev–Trinajstić information content (AvgIpc) is 2.27. The molecular formula is C11H11ClN2O. The molecule has 0 aliphatic carbocycles. The van der Waals surface area contributed by atoms with Crippen LogP contribution in [0.2, 0.25) is 0 Å². The average molecular weight is 223 g/mol. The van der Waals surface area contributed by atoms with E-state index < -0.39 is 0 Å². The van der Waals surface area contributed by atoms with Crippen molar-refractivity contribution in [2.24, 2.45) is 0 Å². The summed E-state index contributed by atoms with van der Waals surface area (Å²) in [6, 6.07) is 9.84. The maximum absolute atomic E-state index is 5.64. The molecule has 0 unspecified atom stereocenters. The van der Waals surface area contributed by atoms with Crippen molar-refractivity contribution < 1.29 is 22.6 Å². The van der Waals surface area contributed by atoms with Crippen LogP contribution in [0.1, 0.15) is 5.56 Å². The molecule has 0 amide bonds. The van der Waals surface area contributed by atoms with Gasteiger partial charge in [-0.05, 0) is 12.1 Å². The van der Waals surface area contributed by atoms with E-state index in [1.807, 2.05) is 30.3 Å². The van der Waals surface area contributed by atoms with Crippen molar-refractivity contribution in [1.29, 1.82) is 0 Å². The Balaban J connectivity index is 0.00000112. The lowest BCUT2D eigenvalue weighted by atomic mass is 10.1. The Morgan fingerprint density at radius 1 is 1.33 bits per heavy atom. The van der Waals surface area contributed by atoms with Crippen LogP contribution in [0.4, 0.5) is 0 Å². The molecule has 2 N–H and O–H groups in total. The van der Waals surface area contributed by atoms with Crippen LogP contribution < -0.4 is 17.8 Å².